The van der Waals surface area contributed by atoms with Gasteiger partial charge in [-0.05, 0) is 43.0 Å². The first-order valence-electron chi connectivity index (χ1n) is 10.4. The van der Waals surface area contributed by atoms with Gasteiger partial charge in [0.1, 0.15) is 5.75 Å². The first-order chi connectivity index (χ1) is 15.7. The Bertz CT molecular complexity index is 974. The summed E-state index contributed by atoms with van der Waals surface area (Å²) in [5.74, 6) is -1.66. The lowest BCUT2D eigenvalue weighted by Crippen LogP contribution is -2.44. The number of carbonyl (C=O) groups is 3. The standard InChI is InChI=1S/C23H24F3N3O4/c24-23(25,26)18-8-4-5-9-19(18)28-22(32)21(31)27-14-16-10-12-29(13-11-16)20(30)15-33-17-6-2-1-3-7-17/h1-9,16H,10-15H2,(H,27,31)(H,28,32). The van der Waals surface area contributed by atoms with Gasteiger partial charge in [-0.3, -0.25) is 14.4 Å². The summed E-state index contributed by atoms with van der Waals surface area (Å²) in [4.78, 5) is 38.1. The molecule has 2 aromatic rings. The molecular formula is C23H24F3N3O4. The maximum absolute atomic E-state index is 13.0. The highest BCUT2D eigenvalue weighted by molar-refractivity contribution is 6.39. The number of amides is 3. The van der Waals surface area contributed by atoms with Crippen LogP contribution in [0.2, 0.25) is 0 Å². The van der Waals surface area contributed by atoms with E-state index >= 15 is 0 Å². The first kappa shape index (κ1) is 24.1. The fraction of sp³-hybridized carbons (Fsp3) is 0.348. The Balaban J connectivity index is 1.40. The molecule has 3 rings (SSSR count). The highest BCUT2D eigenvalue weighted by atomic mass is 19.4. The highest BCUT2D eigenvalue weighted by Crippen LogP contribution is 2.34. The third kappa shape index (κ3) is 6.96. The molecule has 0 saturated carbocycles. The quantitative estimate of drug-likeness (QED) is 0.645. The number of anilines is 1. The van der Waals surface area contributed by atoms with Crippen LogP contribution in [0.4, 0.5) is 18.9 Å². The number of carbonyl (C=O) groups excluding carboxylic acids is 3. The van der Waals surface area contributed by atoms with E-state index in [-0.39, 0.29) is 25.0 Å². The number of alkyl halides is 3. The van der Waals surface area contributed by atoms with E-state index in [1.807, 2.05) is 23.5 Å². The van der Waals surface area contributed by atoms with Gasteiger partial charge in [0.15, 0.2) is 6.61 Å². The zero-order valence-electron chi connectivity index (χ0n) is 17.7. The second kappa shape index (κ2) is 10.8. The number of hydrogen-bond donors (Lipinski definition) is 2. The molecule has 0 bridgehead atoms. The Morgan fingerprint density at radius 3 is 2.24 bits per heavy atom. The van der Waals surface area contributed by atoms with E-state index in [9.17, 15) is 27.6 Å². The average Bonchev–Trinajstić information content (AvgIpc) is 2.81. The fourth-order valence-corrected chi connectivity index (χ4v) is 3.48. The lowest BCUT2D eigenvalue weighted by atomic mass is 9.96. The number of hydrogen-bond acceptors (Lipinski definition) is 4. The summed E-state index contributed by atoms with van der Waals surface area (Å²) in [6.07, 6.45) is -3.41. The minimum Gasteiger partial charge on any atom is -0.484 e. The van der Waals surface area contributed by atoms with Crippen LogP contribution < -0.4 is 15.4 Å². The van der Waals surface area contributed by atoms with Gasteiger partial charge in [-0.1, -0.05) is 30.3 Å². The summed E-state index contributed by atoms with van der Waals surface area (Å²) in [6, 6.07) is 13.5. The van der Waals surface area contributed by atoms with Crippen molar-refractivity contribution in [2.24, 2.45) is 5.92 Å². The van der Waals surface area contributed by atoms with Crippen molar-refractivity contribution in [3.63, 3.8) is 0 Å². The molecule has 176 valence electrons. The van der Waals surface area contributed by atoms with E-state index in [1.165, 1.54) is 12.1 Å². The number of likely N-dealkylation sites (tertiary alicyclic amines) is 1. The SMILES string of the molecule is O=C(NCC1CCN(C(=O)COc2ccccc2)CC1)C(=O)Nc1ccccc1C(F)(F)F. The van der Waals surface area contributed by atoms with Gasteiger partial charge >= 0.3 is 18.0 Å². The lowest BCUT2D eigenvalue weighted by molar-refractivity contribution is -0.138. The summed E-state index contributed by atoms with van der Waals surface area (Å²) < 4.78 is 44.5. The van der Waals surface area contributed by atoms with Crippen LogP contribution in [-0.2, 0) is 20.6 Å². The van der Waals surface area contributed by atoms with Crippen molar-refractivity contribution in [3.8, 4) is 5.75 Å². The Hall–Kier alpha value is -3.56. The van der Waals surface area contributed by atoms with Gasteiger partial charge in [0.05, 0.1) is 11.3 Å². The highest BCUT2D eigenvalue weighted by Gasteiger charge is 2.34. The molecule has 10 heteroatoms. The van der Waals surface area contributed by atoms with Crippen LogP contribution in [0.25, 0.3) is 0 Å². The largest absolute Gasteiger partial charge is 0.484 e. The molecule has 0 atom stereocenters. The molecule has 0 spiro atoms. The van der Waals surface area contributed by atoms with Gasteiger partial charge in [-0.25, -0.2) is 0 Å². The van der Waals surface area contributed by atoms with Crippen LogP contribution in [0, 0.1) is 5.92 Å². The maximum Gasteiger partial charge on any atom is 0.418 e. The molecule has 1 saturated heterocycles. The number of halogens is 3. The lowest BCUT2D eigenvalue weighted by Gasteiger charge is -2.32. The molecule has 1 aliphatic rings. The van der Waals surface area contributed by atoms with E-state index < -0.39 is 29.2 Å². The molecule has 0 aliphatic carbocycles. The third-order valence-corrected chi connectivity index (χ3v) is 5.31. The Morgan fingerprint density at radius 2 is 1.58 bits per heavy atom. The summed E-state index contributed by atoms with van der Waals surface area (Å²) in [7, 11) is 0. The van der Waals surface area contributed by atoms with Gasteiger partial charge in [0.2, 0.25) is 0 Å². The van der Waals surface area contributed by atoms with Crippen molar-refractivity contribution < 1.29 is 32.3 Å². The van der Waals surface area contributed by atoms with Crippen molar-refractivity contribution >= 4 is 23.4 Å². The first-order valence-corrected chi connectivity index (χ1v) is 10.4. The van der Waals surface area contributed by atoms with Gasteiger partial charge in [-0.2, -0.15) is 13.2 Å². The molecule has 2 aromatic carbocycles. The summed E-state index contributed by atoms with van der Waals surface area (Å²) in [6.45, 7) is 1.10. The Labute approximate surface area is 188 Å². The molecule has 0 radical (unpaired) electrons. The minimum absolute atomic E-state index is 0.0447. The third-order valence-electron chi connectivity index (χ3n) is 5.31. The average molecular weight is 463 g/mol. The predicted molar refractivity (Wildman–Crippen MR) is 114 cm³/mol. The molecule has 3 amide bonds. The number of rotatable bonds is 6. The molecule has 1 fully saturated rings. The van der Waals surface area contributed by atoms with Crippen LogP contribution in [0.3, 0.4) is 0 Å². The van der Waals surface area contributed by atoms with Gasteiger partial charge in [-0.15, -0.1) is 0 Å². The molecule has 1 heterocycles. The van der Waals surface area contributed by atoms with E-state index in [4.69, 9.17) is 4.74 Å². The zero-order valence-corrected chi connectivity index (χ0v) is 17.7. The summed E-state index contributed by atoms with van der Waals surface area (Å²) >= 11 is 0. The molecule has 0 aromatic heterocycles. The number of nitrogens with one attached hydrogen (secondary N) is 2. The summed E-state index contributed by atoms with van der Waals surface area (Å²) in [5.41, 5.74) is -1.51. The number of ether oxygens (including phenoxy) is 1. The van der Waals surface area contributed by atoms with E-state index in [2.05, 4.69) is 5.32 Å². The fourth-order valence-electron chi connectivity index (χ4n) is 3.48. The van der Waals surface area contributed by atoms with Crippen LogP contribution in [0.5, 0.6) is 5.75 Å². The van der Waals surface area contributed by atoms with Crippen LogP contribution in [0.15, 0.2) is 54.6 Å². The molecule has 1 aliphatic heterocycles. The van der Waals surface area contributed by atoms with Gasteiger partial charge in [0, 0.05) is 19.6 Å². The van der Waals surface area contributed by atoms with Crippen molar-refractivity contribution in [2.45, 2.75) is 19.0 Å². The molecule has 7 nitrogen and oxygen atoms in total. The topological polar surface area (TPSA) is 87.7 Å². The summed E-state index contributed by atoms with van der Waals surface area (Å²) in [5, 5.41) is 4.48. The van der Waals surface area contributed by atoms with Gasteiger partial charge in [0.25, 0.3) is 5.91 Å². The molecule has 0 unspecified atom stereocenters. The zero-order chi connectivity index (χ0) is 23.8. The molecule has 2 N–H and O–H groups in total. The minimum atomic E-state index is -4.65. The second-order valence-electron chi connectivity index (χ2n) is 7.63. The Morgan fingerprint density at radius 1 is 0.939 bits per heavy atom. The monoisotopic (exact) mass is 463 g/mol. The van der Waals surface area contributed by atoms with E-state index in [0.29, 0.717) is 31.7 Å². The number of nitrogens with zero attached hydrogens (tertiary/aromatic N) is 1. The van der Waals surface area contributed by atoms with Crippen molar-refractivity contribution in [1.29, 1.82) is 0 Å². The van der Waals surface area contributed by atoms with Crippen molar-refractivity contribution in [3.05, 3.63) is 60.2 Å². The maximum atomic E-state index is 13.0. The number of para-hydroxylation sites is 2. The van der Waals surface area contributed by atoms with Crippen molar-refractivity contribution in [1.82, 2.24) is 10.2 Å². The van der Waals surface area contributed by atoms with Crippen molar-refractivity contribution in [2.75, 3.05) is 31.6 Å². The molecule has 33 heavy (non-hydrogen) atoms. The molecular weight excluding hydrogens is 439 g/mol. The van der Waals surface area contributed by atoms with Crippen LogP contribution in [0.1, 0.15) is 18.4 Å². The predicted octanol–water partition coefficient (Wildman–Crippen LogP) is 3.08. The normalized spacial score (nSPS) is 14.5. The van der Waals surface area contributed by atoms with Gasteiger partial charge < -0.3 is 20.3 Å². The number of piperidine rings is 1. The van der Waals surface area contributed by atoms with Crippen LogP contribution in [-0.4, -0.2) is 48.9 Å². The second-order valence-corrected chi connectivity index (χ2v) is 7.63. The Kier molecular flexibility index (Phi) is 7.92. The van der Waals surface area contributed by atoms with Crippen LogP contribution >= 0.6 is 0 Å². The smallest absolute Gasteiger partial charge is 0.418 e. The van der Waals surface area contributed by atoms with E-state index in [0.717, 1.165) is 12.1 Å². The van der Waals surface area contributed by atoms with E-state index in [1.54, 1.807) is 17.0 Å². The number of benzene rings is 2.